The summed E-state index contributed by atoms with van der Waals surface area (Å²) in [6.07, 6.45) is 4.05. The summed E-state index contributed by atoms with van der Waals surface area (Å²) in [5, 5.41) is 10.6. The molecule has 2 aromatic rings. The van der Waals surface area contributed by atoms with Gasteiger partial charge in [-0.05, 0) is 41.8 Å². The molecule has 110 valence electrons. The minimum Gasteiger partial charge on any atom is -0.308 e. The van der Waals surface area contributed by atoms with Gasteiger partial charge in [0.15, 0.2) is 0 Å². The number of hydrogen-bond acceptors (Lipinski definition) is 3. The van der Waals surface area contributed by atoms with E-state index in [-0.39, 0.29) is 11.6 Å². The van der Waals surface area contributed by atoms with Gasteiger partial charge in [-0.3, -0.25) is 14.9 Å². The lowest BCUT2D eigenvalue weighted by Crippen LogP contribution is -2.26. The Bertz CT molecular complexity index is 751. The molecule has 1 amide bonds. The zero-order chi connectivity index (χ0) is 15.5. The number of nitrogens with zero attached hydrogens (tertiary/aromatic N) is 2. The minimum absolute atomic E-state index is 0.0388. The van der Waals surface area contributed by atoms with Gasteiger partial charge in [-0.1, -0.05) is 18.2 Å². The molecule has 0 unspecified atom stereocenters. The van der Waals surface area contributed by atoms with Crippen molar-refractivity contribution in [2.45, 2.75) is 6.42 Å². The Hall–Kier alpha value is -2.95. The van der Waals surface area contributed by atoms with Gasteiger partial charge >= 0.3 is 0 Å². The molecule has 0 radical (unpaired) electrons. The first-order valence-corrected chi connectivity index (χ1v) is 6.97. The van der Waals surface area contributed by atoms with Crippen molar-refractivity contribution in [3.63, 3.8) is 0 Å². The predicted molar refractivity (Wildman–Crippen MR) is 84.6 cm³/mol. The first kappa shape index (κ1) is 14.0. The molecule has 0 fully saturated rings. The summed E-state index contributed by atoms with van der Waals surface area (Å²) in [5.41, 5.74) is 2.93. The molecule has 0 N–H and O–H groups in total. The van der Waals surface area contributed by atoms with Crippen molar-refractivity contribution in [3.8, 4) is 0 Å². The molecule has 22 heavy (non-hydrogen) atoms. The highest BCUT2D eigenvalue weighted by Crippen LogP contribution is 2.27. The normalized spacial score (nSPS) is 13.4. The lowest BCUT2D eigenvalue weighted by molar-refractivity contribution is -0.384. The van der Waals surface area contributed by atoms with Crippen LogP contribution >= 0.6 is 0 Å². The quantitative estimate of drug-likeness (QED) is 0.496. The van der Waals surface area contributed by atoms with Gasteiger partial charge in [-0.2, -0.15) is 0 Å². The van der Waals surface area contributed by atoms with Crippen LogP contribution in [0.2, 0.25) is 0 Å². The van der Waals surface area contributed by atoms with E-state index in [2.05, 4.69) is 0 Å². The van der Waals surface area contributed by atoms with Gasteiger partial charge in [0.1, 0.15) is 0 Å². The zero-order valence-corrected chi connectivity index (χ0v) is 11.8. The Morgan fingerprint density at radius 3 is 2.59 bits per heavy atom. The number of nitro benzene ring substituents is 1. The van der Waals surface area contributed by atoms with Crippen LogP contribution < -0.4 is 4.90 Å². The van der Waals surface area contributed by atoms with Crippen LogP contribution in [0.15, 0.2) is 54.6 Å². The SMILES string of the molecule is O=C(/C=C/c1ccc([N+](=O)[O-])cc1)N1CCc2ccccc21. The van der Waals surface area contributed by atoms with Gasteiger partial charge in [0.2, 0.25) is 0 Å². The minimum atomic E-state index is -0.445. The molecule has 0 atom stereocenters. The number of carbonyl (C=O) groups is 1. The summed E-state index contributed by atoms with van der Waals surface area (Å²) in [6, 6.07) is 14.0. The molecule has 1 heterocycles. The van der Waals surface area contributed by atoms with Crippen LogP contribution in [0.25, 0.3) is 6.08 Å². The third-order valence-electron chi connectivity index (χ3n) is 3.68. The van der Waals surface area contributed by atoms with Crippen molar-refractivity contribution < 1.29 is 9.72 Å². The van der Waals surface area contributed by atoms with Crippen LogP contribution in [-0.2, 0) is 11.2 Å². The highest BCUT2D eigenvalue weighted by molar-refractivity contribution is 6.05. The van der Waals surface area contributed by atoms with Crippen LogP contribution in [0.4, 0.5) is 11.4 Å². The lowest BCUT2D eigenvalue weighted by Gasteiger charge is -2.14. The smallest absolute Gasteiger partial charge is 0.269 e. The van der Waals surface area contributed by atoms with Crippen molar-refractivity contribution >= 4 is 23.4 Å². The van der Waals surface area contributed by atoms with Gasteiger partial charge in [0.05, 0.1) is 4.92 Å². The second-order valence-corrected chi connectivity index (χ2v) is 5.05. The monoisotopic (exact) mass is 294 g/mol. The first-order chi connectivity index (χ1) is 10.6. The largest absolute Gasteiger partial charge is 0.308 e. The lowest BCUT2D eigenvalue weighted by atomic mass is 10.2. The maximum atomic E-state index is 12.3. The number of nitro groups is 1. The van der Waals surface area contributed by atoms with Gasteiger partial charge < -0.3 is 4.90 Å². The van der Waals surface area contributed by atoms with Crippen LogP contribution in [0, 0.1) is 10.1 Å². The number of anilines is 1. The van der Waals surface area contributed by atoms with Crippen molar-refractivity contribution in [2.24, 2.45) is 0 Å². The van der Waals surface area contributed by atoms with Crippen molar-refractivity contribution in [2.75, 3.05) is 11.4 Å². The van der Waals surface area contributed by atoms with Crippen molar-refractivity contribution in [3.05, 3.63) is 75.8 Å². The van der Waals surface area contributed by atoms with E-state index in [0.717, 1.165) is 17.7 Å². The fourth-order valence-corrected chi connectivity index (χ4v) is 2.53. The van der Waals surface area contributed by atoms with Gasteiger partial charge in [0, 0.05) is 30.4 Å². The molecule has 0 aliphatic carbocycles. The molecule has 5 heteroatoms. The summed E-state index contributed by atoms with van der Waals surface area (Å²) in [7, 11) is 0. The highest BCUT2D eigenvalue weighted by atomic mass is 16.6. The van der Waals surface area contributed by atoms with E-state index in [1.807, 2.05) is 24.3 Å². The molecule has 0 spiro atoms. The Labute approximate surface area is 127 Å². The maximum absolute atomic E-state index is 12.3. The Kier molecular flexibility index (Phi) is 3.70. The van der Waals surface area contributed by atoms with Crippen LogP contribution in [0.1, 0.15) is 11.1 Å². The van der Waals surface area contributed by atoms with Crippen LogP contribution in [-0.4, -0.2) is 17.4 Å². The molecule has 0 saturated carbocycles. The van der Waals surface area contributed by atoms with E-state index in [1.54, 1.807) is 23.1 Å². The molecule has 0 saturated heterocycles. The Morgan fingerprint density at radius 1 is 1.14 bits per heavy atom. The van der Waals surface area contributed by atoms with E-state index >= 15 is 0 Å². The summed E-state index contributed by atoms with van der Waals surface area (Å²) in [5.74, 6) is -0.0803. The van der Waals surface area contributed by atoms with E-state index in [1.165, 1.54) is 23.8 Å². The summed E-state index contributed by atoms with van der Waals surface area (Å²) in [6.45, 7) is 0.683. The molecular weight excluding hydrogens is 280 g/mol. The number of amides is 1. The molecule has 0 bridgehead atoms. The third kappa shape index (κ3) is 2.74. The fraction of sp³-hybridized carbons (Fsp3) is 0.118. The number of non-ortho nitro benzene ring substituents is 1. The standard InChI is InChI=1S/C17H14N2O3/c20-17(18-12-11-14-3-1-2-4-16(14)18)10-7-13-5-8-15(9-6-13)19(21)22/h1-10H,11-12H2/b10-7+. The predicted octanol–water partition coefficient (Wildman–Crippen LogP) is 3.20. The maximum Gasteiger partial charge on any atom is 0.269 e. The molecule has 1 aliphatic rings. The van der Waals surface area contributed by atoms with Gasteiger partial charge in [-0.15, -0.1) is 0 Å². The summed E-state index contributed by atoms with van der Waals surface area (Å²) in [4.78, 5) is 24.2. The van der Waals surface area contributed by atoms with Crippen molar-refractivity contribution in [1.29, 1.82) is 0 Å². The number of hydrogen-bond donors (Lipinski definition) is 0. The molecule has 5 nitrogen and oxygen atoms in total. The second-order valence-electron chi connectivity index (χ2n) is 5.05. The third-order valence-corrected chi connectivity index (χ3v) is 3.68. The number of para-hydroxylation sites is 1. The van der Waals surface area contributed by atoms with E-state index in [0.29, 0.717) is 6.54 Å². The van der Waals surface area contributed by atoms with Gasteiger partial charge in [-0.25, -0.2) is 0 Å². The van der Waals surface area contributed by atoms with E-state index < -0.39 is 4.92 Å². The highest BCUT2D eigenvalue weighted by Gasteiger charge is 2.22. The number of carbonyl (C=O) groups excluding carboxylic acids is 1. The van der Waals surface area contributed by atoms with E-state index in [9.17, 15) is 14.9 Å². The molecule has 2 aromatic carbocycles. The van der Waals surface area contributed by atoms with Crippen LogP contribution in [0.5, 0.6) is 0 Å². The molecular formula is C17H14N2O3. The number of fused-ring (bicyclic) bond motifs is 1. The second kappa shape index (κ2) is 5.81. The summed E-state index contributed by atoms with van der Waals surface area (Å²) < 4.78 is 0. The average Bonchev–Trinajstić information content (AvgIpc) is 2.97. The van der Waals surface area contributed by atoms with Gasteiger partial charge in [0.25, 0.3) is 11.6 Å². The van der Waals surface area contributed by atoms with E-state index in [4.69, 9.17) is 0 Å². The Morgan fingerprint density at radius 2 is 1.86 bits per heavy atom. The molecule has 3 rings (SSSR count). The summed E-state index contributed by atoms with van der Waals surface area (Å²) >= 11 is 0. The average molecular weight is 294 g/mol. The fourth-order valence-electron chi connectivity index (χ4n) is 2.53. The number of rotatable bonds is 3. The zero-order valence-electron chi connectivity index (χ0n) is 11.8. The molecule has 1 aliphatic heterocycles. The van der Waals surface area contributed by atoms with Crippen LogP contribution in [0.3, 0.4) is 0 Å². The van der Waals surface area contributed by atoms with Crippen molar-refractivity contribution in [1.82, 2.24) is 0 Å². The number of benzene rings is 2. The molecule has 0 aromatic heterocycles. The first-order valence-electron chi connectivity index (χ1n) is 6.97. The topological polar surface area (TPSA) is 63.4 Å². The Balaban J connectivity index is 1.73.